The largest absolute Gasteiger partial charge is 0.497 e. The summed E-state index contributed by atoms with van der Waals surface area (Å²) in [4.78, 5) is 0.150. The van der Waals surface area contributed by atoms with E-state index in [1.807, 2.05) is 0 Å². The Bertz CT molecular complexity index is 651. The first-order valence-corrected chi connectivity index (χ1v) is 7.21. The Hall–Kier alpha value is -1.72. The van der Waals surface area contributed by atoms with E-state index in [0.29, 0.717) is 16.5 Å². The van der Waals surface area contributed by atoms with Crippen molar-refractivity contribution in [2.45, 2.75) is 4.90 Å². The quantitative estimate of drug-likeness (QED) is 0.944. The van der Waals surface area contributed by atoms with Crippen LogP contribution in [-0.2, 0) is 10.0 Å². The first-order chi connectivity index (χ1) is 9.01. The molecular formula is C13H11ClNO3S. The van der Waals surface area contributed by atoms with Gasteiger partial charge in [0.2, 0.25) is 0 Å². The second-order valence-corrected chi connectivity index (χ2v) is 5.82. The van der Waals surface area contributed by atoms with E-state index in [2.05, 4.69) is 10.8 Å². The molecule has 4 nitrogen and oxygen atoms in total. The Morgan fingerprint density at radius 3 is 2.37 bits per heavy atom. The average Bonchev–Trinajstić information content (AvgIpc) is 2.41. The van der Waals surface area contributed by atoms with Crippen LogP contribution in [0, 0.1) is 6.07 Å². The van der Waals surface area contributed by atoms with E-state index in [0.717, 1.165) is 0 Å². The summed E-state index contributed by atoms with van der Waals surface area (Å²) in [7, 11) is -2.11. The Morgan fingerprint density at radius 2 is 1.84 bits per heavy atom. The van der Waals surface area contributed by atoms with Gasteiger partial charge in [0.1, 0.15) is 5.75 Å². The first-order valence-electron chi connectivity index (χ1n) is 5.35. The van der Waals surface area contributed by atoms with Crippen molar-refractivity contribution in [3.8, 4) is 5.75 Å². The second-order valence-electron chi connectivity index (χ2n) is 3.70. The molecule has 0 amide bonds. The van der Waals surface area contributed by atoms with Crippen molar-refractivity contribution in [1.29, 1.82) is 0 Å². The van der Waals surface area contributed by atoms with Gasteiger partial charge in [-0.05, 0) is 42.5 Å². The van der Waals surface area contributed by atoms with Crippen molar-refractivity contribution in [3.05, 3.63) is 53.6 Å². The minimum atomic E-state index is -3.63. The van der Waals surface area contributed by atoms with Gasteiger partial charge in [-0.2, -0.15) is 0 Å². The van der Waals surface area contributed by atoms with Crippen molar-refractivity contribution >= 4 is 27.3 Å². The highest BCUT2D eigenvalue weighted by Gasteiger charge is 2.14. The highest BCUT2D eigenvalue weighted by atomic mass is 35.5. The molecular weight excluding hydrogens is 286 g/mol. The summed E-state index contributed by atoms with van der Waals surface area (Å²) in [5.74, 6) is 0.594. The zero-order valence-electron chi connectivity index (χ0n) is 10.1. The van der Waals surface area contributed by atoms with Crippen LogP contribution in [0.2, 0.25) is 5.02 Å². The van der Waals surface area contributed by atoms with Gasteiger partial charge >= 0.3 is 0 Å². The molecule has 6 heteroatoms. The van der Waals surface area contributed by atoms with E-state index in [4.69, 9.17) is 16.3 Å². The van der Waals surface area contributed by atoms with E-state index in [9.17, 15) is 8.42 Å². The third-order valence-corrected chi connectivity index (χ3v) is 4.01. The van der Waals surface area contributed by atoms with Gasteiger partial charge in [0.05, 0.1) is 17.7 Å². The zero-order valence-corrected chi connectivity index (χ0v) is 11.6. The molecule has 0 aromatic heterocycles. The lowest BCUT2D eigenvalue weighted by molar-refractivity contribution is 0.414. The van der Waals surface area contributed by atoms with Crippen LogP contribution in [0.1, 0.15) is 0 Å². The van der Waals surface area contributed by atoms with Gasteiger partial charge in [-0.25, -0.2) is 8.42 Å². The van der Waals surface area contributed by atoms with E-state index in [1.165, 1.54) is 25.3 Å². The number of halogens is 1. The molecule has 0 unspecified atom stereocenters. The number of benzene rings is 2. The molecule has 99 valence electrons. The summed E-state index contributed by atoms with van der Waals surface area (Å²) in [5, 5.41) is 0.493. The average molecular weight is 297 g/mol. The molecule has 0 atom stereocenters. The van der Waals surface area contributed by atoms with Crippen LogP contribution in [-0.4, -0.2) is 15.5 Å². The molecule has 0 aliphatic heterocycles. The summed E-state index contributed by atoms with van der Waals surface area (Å²) in [6.45, 7) is 0. The summed E-state index contributed by atoms with van der Waals surface area (Å²) in [6, 6.07) is 13.5. The number of rotatable bonds is 4. The van der Waals surface area contributed by atoms with Crippen LogP contribution >= 0.6 is 11.6 Å². The minimum absolute atomic E-state index is 0.150. The number of hydrogen-bond donors (Lipinski definition) is 1. The van der Waals surface area contributed by atoms with Gasteiger partial charge in [-0.3, -0.25) is 4.72 Å². The monoisotopic (exact) mass is 296 g/mol. The smallest absolute Gasteiger partial charge is 0.261 e. The van der Waals surface area contributed by atoms with Crippen molar-refractivity contribution in [3.63, 3.8) is 0 Å². The molecule has 2 aromatic carbocycles. The lowest BCUT2D eigenvalue weighted by Crippen LogP contribution is -2.12. The normalized spacial score (nSPS) is 11.1. The first kappa shape index (κ1) is 13.7. The van der Waals surface area contributed by atoms with E-state index >= 15 is 0 Å². The Morgan fingerprint density at radius 1 is 1.16 bits per heavy atom. The second kappa shape index (κ2) is 5.50. The lowest BCUT2D eigenvalue weighted by atomic mass is 10.3. The Labute approximate surface area is 117 Å². The zero-order chi connectivity index (χ0) is 13.9. The van der Waals surface area contributed by atoms with Gasteiger partial charge in [0.15, 0.2) is 0 Å². The number of ether oxygens (including phenoxy) is 1. The predicted octanol–water partition coefficient (Wildman–Crippen LogP) is 2.95. The standard InChI is InChI=1S/C13H11ClNO3S/c1-18-12-6-8-13(9-7-12)19(16,17)15-11-4-2-10(14)3-5-11/h2-4,6-9,15H,1H3. The minimum Gasteiger partial charge on any atom is -0.497 e. The molecule has 0 fully saturated rings. The number of hydrogen-bond acceptors (Lipinski definition) is 3. The third-order valence-electron chi connectivity index (χ3n) is 2.39. The van der Waals surface area contributed by atoms with E-state index in [1.54, 1.807) is 24.3 Å². The van der Waals surface area contributed by atoms with Gasteiger partial charge in [0.25, 0.3) is 10.0 Å². The SMILES string of the molecule is COc1ccc(S(=O)(=O)Nc2[c]cc(Cl)cc2)cc1. The molecule has 0 aliphatic carbocycles. The highest BCUT2D eigenvalue weighted by Crippen LogP contribution is 2.19. The number of methoxy groups -OCH3 is 1. The van der Waals surface area contributed by atoms with E-state index < -0.39 is 10.0 Å². The molecule has 2 aromatic rings. The molecule has 0 spiro atoms. The third kappa shape index (κ3) is 3.39. The highest BCUT2D eigenvalue weighted by molar-refractivity contribution is 7.92. The molecule has 0 heterocycles. The fourth-order valence-corrected chi connectivity index (χ4v) is 2.57. The van der Waals surface area contributed by atoms with Crippen molar-refractivity contribution in [1.82, 2.24) is 0 Å². The fourth-order valence-electron chi connectivity index (χ4n) is 1.43. The summed E-state index contributed by atoms with van der Waals surface area (Å²) < 4.78 is 31.6. The summed E-state index contributed by atoms with van der Waals surface area (Å²) >= 11 is 5.71. The van der Waals surface area contributed by atoms with Crippen molar-refractivity contribution in [2.75, 3.05) is 11.8 Å². The molecule has 0 bridgehead atoms. The van der Waals surface area contributed by atoms with Crippen LogP contribution in [0.5, 0.6) is 5.75 Å². The Kier molecular flexibility index (Phi) is 3.97. The lowest BCUT2D eigenvalue weighted by Gasteiger charge is -2.08. The van der Waals surface area contributed by atoms with Crippen LogP contribution in [0.4, 0.5) is 5.69 Å². The molecule has 1 radical (unpaired) electrons. The molecule has 19 heavy (non-hydrogen) atoms. The summed E-state index contributed by atoms with van der Waals surface area (Å²) in [5.41, 5.74) is 0.334. The molecule has 2 rings (SSSR count). The van der Waals surface area contributed by atoms with Crippen LogP contribution in [0.3, 0.4) is 0 Å². The maximum absolute atomic E-state index is 12.1. The van der Waals surface area contributed by atoms with E-state index in [-0.39, 0.29) is 4.90 Å². The van der Waals surface area contributed by atoms with Gasteiger partial charge < -0.3 is 4.74 Å². The summed E-state index contributed by atoms with van der Waals surface area (Å²) in [6.07, 6.45) is 0. The Balaban J connectivity index is 2.24. The number of anilines is 1. The van der Waals surface area contributed by atoms with Crippen LogP contribution in [0.15, 0.2) is 47.4 Å². The molecule has 0 aliphatic rings. The number of nitrogens with one attached hydrogen (secondary N) is 1. The topological polar surface area (TPSA) is 55.4 Å². The number of sulfonamides is 1. The fraction of sp³-hybridized carbons (Fsp3) is 0.0769. The van der Waals surface area contributed by atoms with Crippen molar-refractivity contribution in [2.24, 2.45) is 0 Å². The maximum atomic E-state index is 12.1. The van der Waals surface area contributed by atoms with Gasteiger partial charge in [-0.1, -0.05) is 11.6 Å². The van der Waals surface area contributed by atoms with Gasteiger partial charge in [-0.15, -0.1) is 0 Å². The van der Waals surface area contributed by atoms with Crippen LogP contribution < -0.4 is 9.46 Å². The molecule has 1 N–H and O–H groups in total. The van der Waals surface area contributed by atoms with Crippen LogP contribution in [0.25, 0.3) is 0 Å². The predicted molar refractivity (Wildman–Crippen MR) is 74.1 cm³/mol. The van der Waals surface area contributed by atoms with Gasteiger partial charge in [0, 0.05) is 11.1 Å². The maximum Gasteiger partial charge on any atom is 0.261 e. The van der Waals surface area contributed by atoms with Crippen molar-refractivity contribution < 1.29 is 13.2 Å². The molecule has 0 saturated heterocycles. The molecule has 0 saturated carbocycles.